The molecule has 0 aliphatic rings. The van der Waals surface area contributed by atoms with Crippen LogP contribution in [0.4, 0.5) is 0 Å². The van der Waals surface area contributed by atoms with Crippen LogP contribution in [0.2, 0.25) is 0 Å². The molecule has 0 aliphatic heterocycles. The third-order valence-corrected chi connectivity index (χ3v) is 3.80. The van der Waals surface area contributed by atoms with E-state index in [0.717, 1.165) is 0 Å². The summed E-state index contributed by atoms with van der Waals surface area (Å²) in [5.41, 5.74) is 7.86. The molecule has 3 aromatic carbocycles. The molecule has 0 N–H and O–H groups in total. The molecule has 0 saturated heterocycles. The fourth-order valence-electron chi connectivity index (χ4n) is 2.70. The zero-order chi connectivity index (χ0) is 13.9. The summed E-state index contributed by atoms with van der Waals surface area (Å²) in [7, 11) is 0. The average Bonchev–Trinajstić information content (AvgIpc) is 2.48. The van der Waals surface area contributed by atoms with Gasteiger partial charge in [0.1, 0.15) is 0 Å². The van der Waals surface area contributed by atoms with Crippen LogP contribution in [0.1, 0.15) is 48.3 Å². The van der Waals surface area contributed by atoms with Gasteiger partial charge in [-0.3, -0.25) is 0 Å². The molecule has 0 unspecified atom stereocenters. The van der Waals surface area contributed by atoms with Crippen LogP contribution < -0.4 is 0 Å². The number of benzene rings is 3. The second-order valence-corrected chi connectivity index (χ2v) is 5.18. The molecule has 0 fully saturated rings. The van der Waals surface area contributed by atoms with Crippen molar-refractivity contribution in [2.45, 2.75) is 51.0 Å². The topological polar surface area (TPSA) is 0 Å². The number of rotatable bonds is 2. The molecule has 0 nitrogen and oxygen atoms in total. The van der Waals surface area contributed by atoms with E-state index < -0.39 is 0 Å². The second kappa shape index (κ2) is 12.1. The fourth-order valence-corrected chi connectivity index (χ4v) is 2.70. The lowest BCUT2D eigenvalue weighted by Gasteiger charge is -2.14. The van der Waals surface area contributed by atoms with Gasteiger partial charge in [0.25, 0.3) is 0 Å². The minimum absolute atomic E-state index is 0. The van der Waals surface area contributed by atoms with E-state index >= 15 is 0 Å². The first-order chi connectivity index (χ1) is 9.77. The fraction of sp³-hybridized carbons (Fsp3) is 0.280. The van der Waals surface area contributed by atoms with Crippen molar-refractivity contribution in [3.05, 3.63) is 83.9 Å². The molecule has 0 atom stereocenters. The minimum atomic E-state index is 0. The van der Waals surface area contributed by atoms with Gasteiger partial charge in [0.05, 0.1) is 0 Å². The first kappa shape index (κ1) is 27.5. The third-order valence-electron chi connectivity index (χ3n) is 3.80. The van der Waals surface area contributed by atoms with Crippen molar-refractivity contribution < 1.29 is 0 Å². The molecule has 0 bridgehead atoms. The summed E-state index contributed by atoms with van der Waals surface area (Å²) in [4.78, 5) is 0. The molecule has 0 aliphatic carbocycles. The summed E-state index contributed by atoms with van der Waals surface area (Å²) < 4.78 is 0. The highest BCUT2D eigenvalue weighted by atomic mass is 14.1. The molecule has 0 heteroatoms. The summed E-state index contributed by atoms with van der Waals surface area (Å²) in [5.74, 6) is 0. The predicted octanol–water partition coefficient (Wildman–Crippen LogP) is 8.82. The van der Waals surface area contributed by atoms with Crippen LogP contribution in [0, 0.1) is 13.8 Å². The van der Waals surface area contributed by atoms with Gasteiger partial charge in [-0.25, -0.2) is 0 Å². The van der Waals surface area contributed by atoms with E-state index in [4.69, 9.17) is 0 Å². The van der Waals surface area contributed by atoms with Crippen molar-refractivity contribution in [3.8, 4) is 22.3 Å². The van der Waals surface area contributed by atoms with Gasteiger partial charge in [-0.1, -0.05) is 110 Å². The van der Waals surface area contributed by atoms with Crippen molar-refractivity contribution in [2.24, 2.45) is 0 Å². The van der Waals surface area contributed by atoms with Crippen LogP contribution in [0.5, 0.6) is 0 Å². The minimum Gasteiger partial charge on any atom is -0.0776 e. The molecule has 3 aromatic rings. The summed E-state index contributed by atoms with van der Waals surface area (Å²) in [6.45, 7) is 4.34. The maximum absolute atomic E-state index is 2.21. The predicted molar refractivity (Wildman–Crippen MR) is 120 cm³/mol. The van der Waals surface area contributed by atoms with Crippen molar-refractivity contribution in [1.29, 1.82) is 0 Å². The van der Waals surface area contributed by atoms with Crippen LogP contribution >= 0.6 is 0 Å². The van der Waals surface area contributed by atoms with Crippen molar-refractivity contribution in [1.82, 2.24) is 0 Å². The van der Waals surface area contributed by atoms with Gasteiger partial charge in [-0.05, 0) is 47.2 Å². The van der Waals surface area contributed by atoms with E-state index in [1.807, 2.05) is 0 Å². The Kier molecular flexibility index (Phi) is 13.3. The van der Waals surface area contributed by atoms with Crippen LogP contribution in [-0.2, 0) is 0 Å². The summed E-state index contributed by atoms with van der Waals surface area (Å²) in [5, 5.41) is 0. The normalized spacial score (nSPS) is 8.40. The lowest BCUT2D eigenvalue weighted by atomic mass is 9.90. The van der Waals surface area contributed by atoms with Gasteiger partial charge in [0.15, 0.2) is 0 Å². The molecule has 138 valence electrons. The monoisotopic (exact) mass is 338 g/mol. The summed E-state index contributed by atoms with van der Waals surface area (Å²) >= 11 is 0. The van der Waals surface area contributed by atoms with Crippen molar-refractivity contribution in [3.63, 3.8) is 0 Å². The molecule has 0 spiro atoms. The molecule has 25 heavy (non-hydrogen) atoms. The van der Waals surface area contributed by atoms with Crippen LogP contribution in [0.15, 0.2) is 72.8 Å². The van der Waals surface area contributed by atoms with Gasteiger partial charge in [-0.15, -0.1) is 0 Å². The standard InChI is InChI=1S/C20H18.5CH4/c1-15-9-3-5-11-17(15)19-13-7-8-14-20(19)18-12-6-4-10-16(18)2;;;;;/h3-14H,1-2H3;5*1H4. The van der Waals surface area contributed by atoms with E-state index in [1.165, 1.54) is 33.4 Å². The Bertz CT molecular complexity index is 674. The summed E-state index contributed by atoms with van der Waals surface area (Å²) in [6.07, 6.45) is 0. The third kappa shape index (κ3) is 5.60. The molecule has 0 amide bonds. The molecule has 3 rings (SSSR count). The SMILES string of the molecule is C.C.C.C.C.Cc1ccccc1-c1ccccc1-c1ccccc1C. The highest BCUT2D eigenvalue weighted by Gasteiger charge is 2.09. The Morgan fingerprint density at radius 3 is 0.880 bits per heavy atom. The first-order valence-electron chi connectivity index (χ1n) is 6.98. The Morgan fingerprint density at radius 2 is 0.600 bits per heavy atom. The van der Waals surface area contributed by atoms with E-state index in [2.05, 4.69) is 86.6 Å². The molecule has 0 aromatic heterocycles. The van der Waals surface area contributed by atoms with E-state index in [1.54, 1.807) is 0 Å². The lowest BCUT2D eigenvalue weighted by Crippen LogP contribution is -1.89. The lowest BCUT2D eigenvalue weighted by molar-refractivity contribution is 1.43. The van der Waals surface area contributed by atoms with Crippen LogP contribution in [0.25, 0.3) is 22.3 Å². The Balaban J connectivity index is -0.000000968. The highest BCUT2D eigenvalue weighted by Crippen LogP contribution is 2.34. The molecule has 0 radical (unpaired) electrons. The van der Waals surface area contributed by atoms with Crippen molar-refractivity contribution in [2.75, 3.05) is 0 Å². The van der Waals surface area contributed by atoms with E-state index in [0.29, 0.717) is 0 Å². The van der Waals surface area contributed by atoms with Gasteiger partial charge in [0.2, 0.25) is 0 Å². The number of hydrogen-bond acceptors (Lipinski definition) is 0. The quantitative estimate of drug-likeness (QED) is 0.438. The number of hydrogen-bond donors (Lipinski definition) is 0. The summed E-state index contributed by atoms with van der Waals surface area (Å²) in [6, 6.07) is 25.8. The number of aryl methyl sites for hydroxylation is 2. The maximum atomic E-state index is 2.21. The molecule has 0 heterocycles. The Labute approximate surface area is 157 Å². The van der Waals surface area contributed by atoms with Crippen LogP contribution in [-0.4, -0.2) is 0 Å². The zero-order valence-corrected chi connectivity index (χ0v) is 11.9. The molecular weight excluding hydrogens is 300 g/mol. The average molecular weight is 339 g/mol. The van der Waals surface area contributed by atoms with Gasteiger partial charge in [0, 0.05) is 0 Å². The van der Waals surface area contributed by atoms with Gasteiger partial charge < -0.3 is 0 Å². The van der Waals surface area contributed by atoms with Gasteiger partial charge in [-0.2, -0.15) is 0 Å². The van der Waals surface area contributed by atoms with E-state index in [9.17, 15) is 0 Å². The smallest absolute Gasteiger partial charge is 0.0103 e. The van der Waals surface area contributed by atoms with E-state index in [-0.39, 0.29) is 37.1 Å². The maximum Gasteiger partial charge on any atom is -0.0103 e. The Morgan fingerprint density at radius 1 is 0.360 bits per heavy atom. The Hall–Kier alpha value is -2.34. The largest absolute Gasteiger partial charge is 0.0776 e. The second-order valence-electron chi connectivity index (χ2n) is 5.18. The molecular formula is C25H38. The van der Waals surface area contributed by atoms with Gasteiger partial charge >= 0.3 is 0 Å². The molecule has 0 saturated carbocycles. The highest BCUT2D eigenvalue weighted by molar-refractivity contribution is 5.85. The zero-order valence-electron chi connectivity index (χ0n) is 11.9. The van der Waals surface area contributed by atoms with Crippen molar-refractivity contribution >= 4 is 0 Å². The van der Waals surface area contributed by atoms with Crippen LogP contribution in [0.3, 0.4) is 0 Å². The first-order valence-corrected chi connectivity index (χ1v) is 6.98.